The first-order valence-corrected chi connectivity index (χ1v) is 8.22. The summed E-state index contributed by atoms with van der Waals surface area (Å²) in [7, 11) is 0. The molecule has 0 unspecified atom stereocenters. The van der Waals surface area contributed by atoms with Crippen LogP contribution in [0.5, 0.6) is 5.75 Å². The molecule has 0 fully saturated rings. The Bertz CT molecular complexity index is 786. The molecule has 0 saturated heterocycles. The zero-order valence-electron chi connectivity index (χ0n) is 13.0. The van der Waals surface area contributed by atoms with E-state index in [-0.39, 0.29) is 5.70 Å². The smallest absolute Gasteiger partial charge is 0.352 e. The molecule has 2 aromatic carbocycles. The zero-order chi connectivity index (χ0) is 17.5. The van der Waals surface area contributed by atoms with Gasteiger partial charge in [-0.2, -0.15) is 0 Å². The first kappa shape index (κ1) is 18.0. The van der Waals surface area contributed by atoms with Gasteiger partial charge in [-0.25, -0.2) is 4.79 Å². The summed E-state index contributed by atoms with van der Waals surface area (Å²) in [5.41, 5.74) is 1.39. The minimum Gasteiger partial charge on any atom is -0.488 e. The number of hydrogen-bond donors (Lipinski definition) is 2. The van der Waals surface area contributed by atoms with Crippen molar-refractivity contribution in [2.45, 2.75) is 13.5 Å². The van der Waals surface area contributed by atoms with Gasteiger partial charge in [0.05, 0.1) is 0 Å². The summed E-state index contributed by atoms with van der Waals surface area (Å²) >= 11 is 2.23. The van der Waals surface area contributed by atoms with Gasteiger partial charge in [0, 0.05) is 16.1 Å². The Labute approximate surface area is 153 Å². The molecule has 6 heteroatoms. The average Bonchev–Trinajstić information content (AvgIpc) is 2.53. The zero-order valence-corrected chi connectivity index (χ0v) is 15.1. The van der Waals surface area contributed by atoms with E-state index in [9.17, 15) is 14.7 Å². The van der Waals surface area contributed by atoms with Crippen molar-refractivity contribution in [3.05, 3.63) is 68.9 Å². The SMILES string of the molecule is CC(=O)NC(=Cc1ccccc1OCc1cccc(I)c1)C(=O)O. The highest BCUT2D eigenvalue weighted by Gasteiger charge is 2.11. The van der Waals surface area contributed by atoms with Crippen LogP contribution in [-0.4, -0.2) is 17.0 Å². The Morgan fingerprint density at radius 1 is 1.21 bits per heavy atom. The number of halogens is 1. The van der Waals surface area contributed by atoms with Crippen molar-refractivity contribution in [1.29, 1.82) is 0 Å². The highest BCUT2D eigenvalue weighted by molar-refractivity contribution is 14.1. The van der Waals surface area contributed by atoms with Crippen LogP contribution in [0.3, 0.4) is 0 Å². The van der Waals surface area contributed by atoms with Crippen LogP contribution in [0.2, 0.25) is 0 Å². The number of para-hydroxylation sites is 1. The summed E-state index contributed by atoms with van der Waals surface area (Å²) in [6, 6.07) is 15.0. The molecule has 2 rings (SSSR count). The number of benzene rings is 2. The van der Waals surface area contributed by atoms with Gasteiger partial charge in [0.15, 0.2) is 0 Å². The van der Waals surface area contributed by atoms with Gasteiger partial charge >= 0.3 is 5.97 Å². The van der Waals surface area contributed by atoms with Crippen molar-refractivity contribution in [2.75, 3.05) is 0 Å². The molecule has 0 aliphatic rings. The van der Waals surface area contributed by atoms with Crippen molar-refractivity contribution in [1.82, 2.24) is 5.32 Å². The van der Waals surface area contributed by atoms with E-state index < -0.39 is 11.9 Å². The standard InChI is InChI=1S/C18H16INO4/c1-12(21)20-16(18(22)23)10-14-6-2-3-8-17(14)24-11-13-5-4-7-15(19)9-13/h2-10H,11H2,1H3,(H,20,21)(H,22,23). The molecule has 0 aliphatic carbocycles. The molecule has 0 saturated carbocycles. The quantitative estimate of drug-likeness (QED) is 0.537. The fourth-order valence-corrected chi connectivity index (χ4v) is 2.62. The van der Waals surface area contributed by atoms with Crippen LogP contribution in [-0.2, 0) is 16.2 Å². The molecule has 5 nitrogen and oxygen atoms in total. The minimum atomic E-state index is -1.21. The molecule has 24 heavy (non-hydrogen) atoms. The third kappa shape index (κ3) is 5.38. The highest BCUT2D eigenvalue weighted by Crippen LogP contribution is 2.22. The van der Waals surface area contributed by atoms with Gasteiger partial charge in [-0.1, -0.05) is 30.3 Å². The molecule has 0 bridgehead atoms. The molecule has 0 atom stereocenters. The van der Waals surface area contributed by atoms with Gasteiger partial charge in [0.2, 0.25) is 5.91 Å². The maximum atomic E-state index is 11.2. The lowest BCUT2D eigenvalue weighted by Crippen LogP contribution is -2.24. The maximum absolute atomic E-state index is 11.2. The van der Waals surface area contributed by atoms with Crippen LogP contribution in [0.1, 0.15) is 18.1 Å². The number of carboxylic acid groups (broad SMARTS) is 1. The lowest BCUT2D eigenvalue weighted by Gasteiger charge is -2.10. The van der Waals surface area contributed by atoms with E-state index in [0.717, 1.165) is 9.13 Å². The molecular weight excluding hydrogens is 421 g/mol. The van der Waals surface area contributed by atoms with E-state index in [1.54, 1.807) is 24.3 Å². The van der Waals surface area contributed by atoms with Crippen LogP contribution < -0.4 is 10.1 Å². The number of carboxylic acids is 1. The number of carbonyl (C=O) groups excluding carboxylic acids is 1. The minimum absolute atomic E-state index is 0.201. The second-order valence-corrected chi connectivity index (χ2v) is 6.25. The Morgan fingerprint density at radius 3 is 2.62 bits per heavy atom. The number of nitrogens with one attached hydrogen (secondary N) is 1. The number of carbonyl (C=O) groups is 2. The highest BCUT2D eigenvalue weighted by atomic mass is 127. The third-order valence-corrected chi connectivity index (χ3v) is 3.71. The Kier molecular flexibility index (Phi) is 6.36. The summed E-state index contributed by atoms with van der Waals surface area (Å²) in [5, 5.41) is 11.5. The second-order valence-electron chi connectivity index (χ2n) is 5.00. The summed E-state index contributed by atoms with van der Waals surface area (Å²) < 4.78 is 6.92. The van der Waals surface area contributed by atoms with Gasteiger partial charge < -0.3 is 15.2 Å². The Balaban J connectivity index is 2.23. The van der Waals surface area contributed by atoms with E-state index in [2.05, 4.69) is 27.9 Å². The van der Waals surface area contributed by atoms with Gasteiger partial charge in [-0.3, -0.25) is 4.79 Å². The number of amides is 1. The molecule has 124 valence electrons. The summed E-state index contributed by atoms with van der Waals surface area (Å²) in [6.45, 7) is 1.63. The van der Waals surface area contributed by atoms with E-state index in [1.807, 2.05) is 24.3 Å². The fraction of sp³-hybridized carbons (Fsp3) is 0.111. The van der Waals surface area contributed by atoms with E-state index in [1.165, 1.54) is 13.0 Å². The van der Waals surface area contributed by atoms with Crippen molar-refractivity contribution < 1.29 is 19.4 Å². The topological polar surface area (TPSA) is 75.6 Å². The van der Waals surface area contributed by atoms with Gasteiger partial charge in [-0.05, 0) is 52.4 Å². The van der Waals surface area contributed by atoms with Crippen LogP contribution in [0.15, 0.2) is 54.2 Å². The molecule has 2 N–H and O–H groups in total. The first-order chi connectivity index (χ1) is 11.5. The average molecular weight is 437 g/mol. The van der Waals surface area contributed by atoms with Crippen LogP contribution in [0.25, 0.3) is 6.08 Å². The summed E-state index contributed by atoms with van der Waals surface area (Å²) in [6.07, 6.45) is 1.38. The molecule has 0 aliphatic heterocycles. The van der Waals surface area contributed by atoms with Crippen molar-refractivity contribution >= 4 is 40.5 Å². The Morgan fingerprint density at radius 2 is 1.96 bits per heavy atom. The molecule has 0 spiro atoms. The second kappa shape index (κ2) is 8.49. The van der Waals surface area contributed by atoms with Gasteiger partial charge in [0.25, 0.3) is 0 Å². The maximum Gasteiger partial charge on any atom is 0.352 e. The summed E-state index contributed by atoms with van der Waals surface area (Å²) in [4.78, 5) is 22.4. The first-order valence-electron chi connectivity index (χ1n) is 7.14. The number of hydrogen-bond acceptors (Lipinski definition) is 3. The number of rotatable bonds is 6. The van der Waals surface area contributed by atoms with Crippen molar-refractivity contribution in [3.8, 4) is 5.75 Å². The third-order valence-electron chi connectivity index (χ3n) is 3.04. The van der Waals surface area contributed by atoms with Crippen molar-refractivity contribution in [2.24, 2.45) is 0 Å². The fourth-order valence-electron chi connectivity index (χ4n) is 2.02. The van der Waals surface area contributed by atoms with E-state index in [4.69, 9.17) is 4.74 Å². The lowest BCUT2D eigenvalue weighted by atomic mass is 10.1. The van der Waals surface area contributed by atoms with E-state index >= 15 is 0 Å². The van der Waals surface area contributed by atoms with Gasteiger partial charge in [0.1, 0.15) is 18.1 Å². The normalized spacial score (nSPS) is 11.0. The molecule has 2 aromatic rings. The van der Waals surface area contributed by atoms with Crippen LogP contribution in [0, 0.1) is 3.57 Å². The largest absolute Gasteiger partial charge is 0.488 e. The summed E-state index contributed by atoms with van der Waals surface area (Å²) in [5.74, 6) is -1.11. The monoisotopic (exact) mass is 437 g/mol. The van der Waals surface area contributed by atoms with Crippen LogP contribution >= 0.6 is 22.6 Å². The molecule has 0 radical (unpaired) electrons. The predicted octanol–water partition coefficient (Wildman–Crippen LogP) is 3.43. The van der Waals surface area contributed by atoms with Gasteiger partial charge in [-0.15, -0.1) is 0 Å². The molecule has 0 heterocycles. The van der Waals surface area contributed by atoms with Crippen LogP contribution in [0.4, 0.5) is 0 Å². The molecule has 1 amide bonds. The predicted molar refractivity (Wildman–Crippen MR) is 99.4 cm³/mol. The van der Waals surface area contributed by atoms with E-state index in [0.29, 0.717) is 17.9 Å². The Hall–Kier alpha value is -2.35. The van der Waals surface area contributed by atoms with Crippen molar-refractivity contribution in [3.63, 3.8) is 0 Å². The lowest BCUT2D eigenvalue weighted by molar-refractivity contribution is -0.134. The number of ether oxygens (including phenoxy) is 1. The molecule has 0 aromatic heterocycles. The molecular formula is C18H16INO4. The number of aliphatic carboxylic acids is 1.